The standard InChI is InChI=1S/C46H49N5O6/c1-2-40(32-6-4-3-5-7-32)44(33-9-15-38(52)16-10-33)34-11-17-39(18-12-34)57-30-31-8-13-37(51(56)27-31)29-48-22-24-49(25-23-48)36-14-19-41-35(26-36)28-50(46(41)55)42-20-21-43(53)47-45(42)54/h3-7,9-12,14-19,26,31,37,42H,2,8,13,20-25,27-30H2,1H3,(H-,47,52,53,54)/p+1/b44-40-. The number of imide groups is 1. The van der Waals surface area contributed by atoms with Crippen molar-refractivity contribution in [1.29, 1.82) is 0 Å². The van der Waals surface area contributed by atoms with Gasteiger partial charge in [-0.05, 0) is 95.1 Å². The number of nitroso groups, excluding NO2 is 1. The molecule has 3 saturated heterocycles. The summed E-state index contributed by atoms with van der Waals surface area (Å²) in [6, 6.07) is 31.2. The van der Waals surface area contributed by atoms with Crippen LogP contribution in [0, 0.1) is 10.8 Å². The van der Waals surface area contributed by atoms with Gasteiger partial charge >= 0.3 is 0 Å². The van der Waals surface area contributed by atoms with Crippen LogP contribution in [0.15, 0.2) is 97.1 Å². The fourth-order valence-corrected chi connectivity index (χ4v) is 8.87. The third kappa shape index (κ3) is 8.34. The maximum absolute atomic E-state index is 13.3. The van der Waals surface area contributed by atoms with Crippen molar-refractivity contribution in [1.82, 2.24) is 15.1 Å². The van der Waals surface area contributed by atoms with E-state index in [1.54, 1.807) is 17.0 Å². The first-order chi connectivity index (χ1) is 27.7. The Bertz CT molecular complexity index is 2160. The van der Waals surface area contributed by atoms with Crippen molar-refractivity contribution in [3.05, 3.63) is 130 Å². The number of fused-ring (bicyclic) bond motifs is 1. The van der Waals surface area contributed by atoms with E-state index in [4.69, 9.17) is 4.74 Å². The number of nitrogens with one attached hydrogen (secondary N) is 1. The summed E-state index contributed by atoms with van der Waals surface area (Å²) in [6.07, 6.45) is 3.21. The Morgan fingerprint density at radius 2 is 1.56 bits per heavy atom. The molecule has 8 rings (SSSR count). The predicted molar refractivity (Wildman–Crippen MR) is 219 cm³/mol. The van der Waals surface area contributed by atoms with Gasteiger partial charge in [-0.15, -0.1) is 0 Å². The van der Waals surface area contributed by atoms with Crippen LogP contribution in [-0.2, 0) is 16.1 Å². The Hall–Kier alpha value is -5.81. The SMILES string of the molecule is CC/C(=C(\c1ccc(O)cc1)c1ccc(OCC2CCC(CN3CCN(c4ccc5c(c4)CN(C4CCC(=O)NC4=O)C5=O)CC3)[N+](=O)C2)cc1)c1ccccc1. The number of hydrogen-bond donors (Lipinski definition) is 2. The predicted octanol–water partition coefficient (Wildman–Crippen LogP) is 6.28. The Morgan fingerprint density at radius 1 is 0.842 bits per heavy atom. The molecule has 0 radical (unpaired) electrons. The summed E-state index contributed by atoms with van der Waals surface area (Å²) in [5.41, 5.74) is 8.21. The second kappa shape index (κ2) is 16.7. The van der Waals surface area contributed by atoms with Gasteiger partial charge in [-0.3, -0.25) is 24.6 Å². The van der Waals surface area contributed by atoms with E-state index in [9.17, 15) is 24.4 Å². The number of anilines is 1. The van der Waals surface area contributed by atoms with Gasteiger partial charge in [0.25, 0.3) is 5.91 Å². The van der Waals surface area contributed by atoms with Crippen LogP contribution in [0.4, 0.5) is 5.69 Å². The number of allylic oxidation sites excluding steroid dienone is 1. The van der Waals surface area contributed by atoms with Crippen molar-refractivity contribution in [3.8, 4) is 11.5 Å². The number of piperidine rings is 2. The smallest absolute Gasteiger partial charge is 0.255 e. The van der Waals surface area contributed by atoms with Gasteiger partial charge in [0.15, 0.2) is 6.54 Å². The van der Waals surface area contributed by atoms with Gasteiger partial charge in [0.2, 0.25) is 17.9 Å². The quantitative estimate of drug-likeness (QED) is 0.104. The van der Waals surface area contributed by atoms with Crippen molar-refractivity contribution in [2.24, 2.45) is 5.92 Å². The highest BCUT2D eigenvalue weighted by molar-refractivity contribution is 6.05. The number of phenols is 1. The highest BCUT2D eigenvalue weighted by atomic mass is 16.5. The lowest BCUT2D eigenvalue weighted by atomic mass is 9.88. The number of rotatable bonds is 11. The Morgan fingerprint density at radius 3 is 2.25 bits per heavy atom. The average Bonchev–Trinajstić information content (AvgIpc) is 3.56. The molecule has 4 aromatic carbocycles. The molecule has 4 heterocycles. The molecule has 4 aliphatic heterocycles. The van der Waals surface area contributed by atoms with Gasteiger partial charge in [-0.1, -0.05) is 61.5 Å². The van der Waals surface area contributed by atoms with E-state index < -0.39 is 11.9 Å². The van der Waals surface area contributed by atoms with Crippen LogP contribution in [0.25, 0.3) is 11.1 Å². The number of piperazine rings is 1. The van der Waals surface area contributed by atoms with E-state index in [1.165, 1.54) is 15.9 Å². The normalized spacial score (nSPS) is 21.9. The number of carbonyl (C=O) groups excluding carboxylic acids is 3. The molecule has 11 nitrogen and oxygen atoms in total. The summed E-state index contributed by atoms with van der Waals surface area (Å²) >= 11 is 0. The molecule has 2 N–H and O–H groups in total. The molecule has 0 bridgehead atoms. The fourth-order valence-electron chi connectivity index (χ4n) is 8.87. The van der Waals surface area contributed by atoms with Crippen LogP contribution in [-0.4, -0.2) is 95.3 Å². The van der Waals surface area contributed by atoms with E-state index in [0.717, 1.165) is 85.7 Å². The largest absolute Gasteiger partial charge is 0.508 e. The van der Waals surface area contributed by atoms with E-state index in [2.05, 4.69) is 64.5 Å². The van der Waals surface area contributed by atoms with Crippen LogP contribution in [0.3, 0.4) is 0 Å². The number of nitrogens with zero attached hydrogens (tertiary/aromatic N) is 4. The van der Waals surface area contributed by atoms with Gasteiger partial charge in [0.05, 0.1) is 19.1 Å². The van der Waals surface area contributed by atoms with Gasteiger partial charge in [-0.25, -0.2) is 0 Å². The molecule has 0 spiro atoms. The first-order valence-electron chi connectivity index (χ1n) is 20.2. The lowest BCUT2D eigenvalue weighted by Gasteiger charge is -2.37. The molecule has 57 heavy (non-hydrogen) atoms. The molecule has 0 aromatic heterocycles. The minimum Gasteiger partial charge on any atom is -0.508 e. The zero-order chi connectivity index (χ0) is 39.5. The lowest BCUT2D eigenvalue weighted by molar-refractivity contribution is -0.603. The lowest BCUT2D eigenvalue weighted by Crippen LogP contribution is -2.52. The monoisotopic (exact) mass is 768 g/mol. The summed E-state index contributed by atoms with van der Waals surface area (Å²) in [5, 5.41) is 12.3. The minimum absolute atomic E-state index is 0.0427. The van der Waals surface area contributed by atoms with Gasteiger partial charge in [0, 0.05) is 66.5 Å². The fraction of sp³-hybridized carbons (Fsp3) is 0.370. The number of aromatic hydroxyl groups is 1. The zero-order valence-corrected chi connectivity index (χ0v) is 32.4. The molecule has 3 amide bonds. The molecule has 3 unspecified atom stereocenters. The number of ether oxygens (including phenoxy) is 1. The molecule has 4 aliphatic rings. The number of benzene rings is 4. The van der Waals surface area contributed by atoms with Crippen molar-refractivity contribution < 1.29 is 29.0 Å². The minimum atomic E-state index is -0.620. The highest BCUT2D eigenvalue weighted by Gasteiger charge is 2.40. The van der Waals surface area contributed by atoms with Crippen molar-refractivity contribution in [3.63, 3.8) is 0 Å². The topological polar surface area (TPSA) is 122 Å². The second-order valence-corrected chi connectivity index (χ2v) is 15.7. The molecular formula is C46H50N5O6+. The third-order valence-electron chi connectivity index (χ3n) is 12.0. The van der Waals surface area contributed by atoms with Gasteiger partial charge < -0.3 is 19.6 Å². The van der Waals surface area contributed by atoms with Crippen molar-refractivity contribution in [2.45, 2.75) is 57.7 Å². The molecule has 294 valence electrons. The molecule has 11 heteroatoms. The first-order valence-corrected chi connectivity index (χ1v) is 20.2. The molecule has 4 aromatic rings. The zero-order valence-electron chi connectivity index (χ0n) is 32.4. The van der Waals surface area contributed by atoms with Crippen LogP contribution >= 0.6 is 0 Å². The number of hydrogen-bond acceptors (Lipinski definition) is 8. The third-order valence-corrected chi connectivity index (χ3v) is 12.0. The Labute approximate surface area is 333 Å². The molecule has 3 fully saturated rings. The van der Waals surface area contributed by atoms with E-state index in [1.807, 2.05) is 42.5 Å². The number of carbonyl (C=O) groups is 3. The maximum Gasteiger partial charge on any atom is 0.255 e. The number of phenolic OH excluding ortho intramolecular Hbond substituents is 1. The first kappa shape index (κ1) is 38.1. The molecule has 0 saturated carbocycles. The molecule has 0 aliphatic carbocycles. The van der Waals surface area contributed by atoms with Crippen molar-refractivity contribution >= 4 is 34.6 Å². The van der Waals surface area contributed by atoms with E-state index >= 15 is 0 Å². The number of amides is 3. The molecule has 3 atom stereocenters. The van der Waals surface area contributed by atoms with Crippen LogP contribution < -0.4 is 15.0 Å². The second-order valence-electron chi connectivity index (χ2n) is 15.7. The van der Waals surface area contributed by atoms with E-state index in [0.29, 0.717) is 31.7 Å². The summed E-state index contributed by atoms with van der Waals surface area (Å²) in [6.45, 7) is 7.56. The summed E-state index contributed by atoms with van der Waals surface area (Å²) < 4.78 is 7.52. The van der Waals surface area contributed by atoms with Gasteiger partial charge in [0.1, 0.15) is 17.5 Å². The van der Waals surface area contributed by atoms with E-state index in [-0.39, 0.29) is 35.9 Å². The average molecular weight is 769 g/mol. The van der Waals surface area contributed by atoms with Crippen molar-refractivity contribution in [2.75, 3.05) is 50.8 Å². The maximum atomic E-state index is 13.3. The Kier molecular flexibility index (Phi) is 11.2. The highest BCUT2D eigenvalue weighted by Crippen LogP contribution is 2.36. The summed E-state index contributed by atoms with van der Waals surface area (Å²) in [5.74, 6) is 0.324. The van der Waals surface area contributed by atoms with Crippen LogP contribution in [0.1, 0.15) is 71.6 Å². The van der Waals surface area contributed by atoms with Gasteiger partial charge in [-0.2, -0.15) is 0 Å². The Balaban J connectivity index is 0.818. The van der Waals surface area contributed by atoms with Crippen LogP contribution in [0.2, 0.25) is 0 Å². The molecular weight excluding hydrogens is 719 g/mol. The van der Waals surface area contributed by atoms with Crippen LogP contribution in [0.5, 0.6) is 11.5 Å². The summed E-state index contributed by atoms with van der Waals surface area (Å²) in [7, 11) is 0. The summed E-state index contributed by atoms with van der Waals surface area (Å²) in [4.78, 5) is 56.8.